The molecule has 0 unspecified atom stereocenters. The molecule has 0 spiro atoms. The van der Waals surface area contributed by atoms with Gasteiger partial charge in [0, 0.05) is 11.8 Å². The third kappa shape index (κ3) is 6.45. The van der Waals surface area contributed by atoms with Crippen LogP contribution in [0.4, 0.5) is 0 Å². The maximum Gasteiger partial charge on any atom is 0.119 e. The number of ether oxygens (including phenoxy) is 1. The molecule has 1 aromatic heterocycles. The van der Waals surface area contributed by atoms with Crippen molar-refractivity contribution < 1.29 is 4.74 Å². The molecule has 0 saturated heterocycles. The summed E-state index contributed by atoms with van der Waals surface area (Å²) in [6.45, 7) is 5.25. The number of nitrogens with zero attached hydrogens (tertiary/aromatic N) is 1. The van der Waals surface area contributed by atoms with Crippen molar-refractivity contribution in [3.63, 3.8) is 0 Å². The van der Waals surface area contributed by atoms with Crippen molar-refractivity contribution in [3.05, 3.63) is 72.4 Å². The summed E-state index contributed by atoms with van der Waals surface area (Å²) in [6.07, 6.45) is 10.5. The Bertz CT molecular complexity index is 835. The molecule has 2 aromatic carbocycles. The summed E-state index contributed by atoms with van der Waals surface area (Å²) in [5.74, 6) is 0.953. The second-order valence-corrected chi connectivity index (χ2v) is 7.67. The molecular formula is C27H33NO. The van der Waals surface area contributed by atoms with E-state index in [1.807, 2.05) is 6.20 Å². The van der Waals surface area contributed by atoms with Crippen molar-refractivity contribution in [2.75, 3.05) is 6.61 Å². The van der Waals surface area contributed by atoms with E-state index in [0.717, 1.165) is 36.5 Å². The van der Waals surface area contributed by atoms with E-state index in [2.05, 4.69) is 79.5 Å². The van der Waals surface area contributed by atoms with E-state index in [1.165, 1.54) is 48.8 Å². The van der Waals surface area contributed by atoms with Gasteiger partial charge in [-0.2, -0.15) is 0 Å². The highest BCUT2D eigenvalue weighted by Gasteiger charge is 2.03. The fourth-order valence-corrected chi connectivity index (χ4v) is 3.42. The molecule has 0 aliphatic heterocycles. The summed E-state index contributed by atoms with van der Waals surface area (Å²) >= 11 is 0. The molecule has 0 radical (unpaired) electrons. The molecule has 152 valence electrons. The van der Waals surface area contributed by atoms with Crippen LogP contribution in [-0.2, 0) is 6.42 Å². The smallest absolute Gasteiger partial charge is 0.119 e. The number of rotatable bonds is 11. The molecule has 3 aromatic rings. The number of hydrogen-bond acceptors (Lipinski definition) is 2. The topological polar surface area (TPSA) is 22.1 Å². The zero-order valence-corrected chi connectivity index (χ0v) is 17.9. The van der Waals surface area contributed by atoms with Crippen LogP contribution in [0.2, 0.25) is 0 Å². The van der Waals surface area contributed by atoms with E-state index in [9.17, 15) is 0 Å². The zero-order valence-electron chi connectivity index (χ0n) is 17.9. The molecule has 2 nitrogen and oxygen atoms in total. The Morgan fingerprint density at radius 2 is 1.31 bits per heavy atom. The normalized spacial score (nSPS) is 10.8. The first-order chi connectivity index (χ1) is 14.3. The average Bonchev–Trinajstić information content (AvgIpc) is 2.78. The largest absolute Gasteiger partial charge is 0.494 e. The summed E-state index contributed by atoms with van der Waals surface area (Å²) in [5, 5.41) is 0. The fourth-order valence-electron chi connectivity index (χ4n) is 3.42. The van der Waals surface area contributed by atoms with Gasteiger partial charge in [-0.15, -0.1) is 0 Å². The van der Waals surface area contributed by atoms with Crippen LogP contribution in [0.3, 0.4) is 0 Å². The molecule has 0 bridgehead atoms. The standard InChI is InChI=1S/C27H33NO/c1-3-5-7-8-20-29-26-17-15-24(16-18-26)23-11-13-25(14-12-23)27-19-10-22(21-28-27)9-6-4-2/h10-19,21H,3-9,20H2,1-2H3. The molecular weight excluding hydrogens is 354 g/mol. The Hall–Kier alpha value is -2.61. The van der Waals surface area contributed by atoms with E-state index >= 15 is 0 Å². The maximum atomic E-state index is 5.85. The number of pyridine rings is 1. The van der Waals surface area contributed by atoms with E-state index < -0.39 is 0 Å². The minimum Gasteiger partial charge on any atom is -0.494 e. The molecule has 3 rings (SSSR count). The van der Waals surface area contributed by atoms with Crippen molar-refractivity contribution in [2.45, 2.75) is 58.8 Å². The van der Waals surface area contributed by atoms with Gasteiger partial charge in [0.25, 0.3) is 0 Å². The molecule has 2 heteroatoms. The third-order valence-electron chi connectivity index (χ3n) is 5.28. The molecule has 0 N–H and O–H groups in total. The van der Waals surface area contributed by atoms with Crippen LogP contribution in [0.1, 0.15) is 57.9 Å². The maximum absolute atomic E-state index is 5.85. The summed E-state index contributed by atoms with van der Waals surface area (Å²) in [5.41, 5.74) is 5.92. The van der Waals surface area contributed by atoms with Gasteiger partial charge in [-0.1, -0.05) is 82.0 Å². The molecule has 29 heavy (non-hydrogen) atoms. The van der Waals surface area contributed by atoms with Crippen LogP contribution >= 0.6 is 0 Å². The highest BCUT2D eigenvalue weighted by Crippen LogP contribution is 2.26. The molecule has 0 amide bonds. The molecule has 1 heterocycles. The third-order valence-corrected chi connectivity index (χ3v) is 5.28. The van der Waals surface area contributed by atoms with Crippen LogP contribution in [0.5, 0.6) is 5.75 Å². The fraction of sp³-hybridized carbons (Fsp3) is 0.370. The van der Waals surface area contributed by atoms with Gasteiger partial charge < -0.3 is 4.74 Å². The van der Waals surface area contributed by atoms with Gasteiger partial charge in [0.1, 0.15) is 5.75 Å². The predicted molar refractivity (Wildman–Crippen MR) is 123 cm³/mol. The van der Waals surface area contributed by atoms with Crippen LogP contribution in [-0.4, -0.2) is 11.6 Å². The van der Waals surface area contributed by atoms with Gasteiger partial charge >= 0.3 is 0 Å². The van der Waals surface area contributed by atoms with Crippen LogP contribution in [0.25, 0.3) is 22.4 Å². The lowest BCUT2D eigenvalue weighted by Gasteiger charge is -2.08. The van der Waals surface area contributed by atoms with Crippen LogP contribution in [0.15, 0.2) is 66.9 Å². The lowest BCUT2D eigenvalue weighted by atomic mass is 10.0. The summed E-state index contributed by atoms with van der Waals surface area (Å²) < 4.78 is 5.85. The van der Waals surface area contributed by atoms with Crippen LogP contribution < -0.4 is 4.74 Å². The van der Waals surface area contributed by atoms with Crippen molar-refractivity contribution in [1.82, 2.24) is 4.98 Å². The number of benzene rings is 2. The Kier molecular flexibility index (Phi) is 8.30. The number of hydrogen-bond donors (Lipinski definition) is 0. The Morgan fingerprint density at radius 3 is 1.93 bits per heavy atom. The van der Waals surface area contributed by atoms with Gasteiger partial charge in [0.15, 0.2) is 0 Å². The van der Waals surface area contributed by atoms with Gasteiger partial charge in [0.05, 0.1) is 12.3 Å². The van der Waals surface area contributed by atoms with Crippen LogP contribution in [0, 0.1) is 0 Å². The van der Waals surface area contributed by atoms with Gasteiger partial charge in [-0.05, 0) is 54.2 Å². The zero-order chi connectivity index (χ0) is 20.3. The van der Waals surface area contributed by atoms with Crippen molar-refractivity contribution in [3.8, 4) is 28.1 Å². The Morgan fingerprint density at radius 1 is 0.655 bits per heavy atom. The Labute approximate surface area is 176 Å². The summed E-state index contributed by atoms with van der Waals surface area (Å²) in [7, 11) is 0. The summed E-state index contributed by atoms with van der Waals surface area (Å²) in [6, 6.07) is 21.4. The molecule has 0 saturated carbocycles. The predicted octanol–water partition coefficient (Wildman–Crippen LogP) is 7.72. The Balaban J connectivity index is 1.58. The molecule has 0 atom stereocenters. The highest BCUT2D eigenvalue weighted by atomic mass is 16.5. The van der Waals surface area contributed by atoms with Gasteiger partial charge in [-0.3, -0.25) is 4.98 Å². The second kappa shape index (κ2) is 11.4. The molecule has 0 aliphatic rings. The quantitative estimate of drug-likeness (QED) is 0.314. The lowest BCUT2D eigenvalue weighted by molar-refractivity contribution is 0.305. The van der Waals surface area contributed by atoms with Gasteiger partial charge in [0.2, 0.25) is 0 Å². The van der Waals surface area contributed by atoms with E-state index in [1.54, 1.807) is 0 Å². The second-order valence-electron chi connectivity index (χ2n) is 7.67. The number of aryl methyl sites for hydroxylation is 1. The SMILES string of the molecule is CCCCCCOc1ccc(-c2ccc(-c3ccc(CCCC)cn3)cc2)cc1. The van der Waals surface area contributed by atoms with Crippen molar-refractivity contribution in [2.24, 2.45) is 0 Å². The van der Waals surface area contributed by atoms with Gasteiger partial charge in [-0.25, -0.2) is 0 Å². The van der Waals surface area contributed by atoms with Crippen molar-refractivity contribution >= 4 is 0 Å². The highest BCUT2D eigenvalue weighted by molar-refractivity contribution is 5.69. The first kappa shape index (κ1) is 21.1. The average molecular weight is 388 g/mol. The van der Waals surface area contributed by atoms with E-state index in [4.69, 9.17) is 4.74 Å². The number of aromatic nitrogens is 1. The van der Waals surface area contributed by atoms with Crippen molar-refractivity contribution in [1.29, 1.82) is 0 Å². The first-order valence-corrected chi connectivity index (χ1v) is 11.1. The molecule has 0 fully saturated rings. The minimum atomic E-state index is 0.804. The lowest BCUT2D eigenvalue weighted by Crippen LogP contribution is -1.96. The first-order valence-electron chi connectivity index (χ1n) is 11.1. The number of unbranched alkanes of at least 4 members (excludes halogenated alkanes) is 4. The monoisotopic (exact) mass is 387 g/mol. The van der Waals surface area contributed by atoms with E-state index in [0.29, 0.717) is 0 Å². The van der Waals surface area contributed by atoms with E-state index in [-0.39, 0.29) is 0 Å². The summed E-state index contributed by atoms with van der Waals surface area (Å²) in [4.78, 5) is 4.65. The molecule has 0 aliphatic carbocycles. The minimum absolute atomic E-state index is 0.804.